The van der Waals surface area contributed by atoms with Crippen molar-refractivity contribution in [2.45, 2.75) is 39.3 Å². The van der Waals surface area contributed by atoms with E-state index in [2.05, 4.69) is 31.1 Å². The first-order valence-electron chi connectivity index (χ1n) is 6.53. The van der Waals surface area contributed by atoms with Crippen molar-refractivity contribution in [2.75, 3.05) is 5.32 Å². The van der Waals surface area contributed by atoms with Crippen LogP contribution < -0.4 is 5.32 Å². The van der Waals surface area contributed by atoms with Crippen molar-refractivity contribution in [1.29, 1.82) is 0 Å². The maximum absolute atomic E-state index is 12.8. The number of benzene rings is 1. The van der Waals surface area contributed by atoms with Gasteiger partial charge in [0.1, 0.15) is 5.82 Å². The molecule has 20 heavy (non-hydrogen) atoms. The van der Waals surface area contributed by atoms with E-state index in [1.165, 1.54) is 12.4 Å². The first-order chi connectivity index (χ1) is 9.39. The van der Waals surface area contributed by atoms with Crippen LogP contribution in [0.15, 0.2) is 36.7 Å². The van der Waals surface area contributed by atoms with Crippen LogP contribution in [0.4, 0.5) is 14.5 Å². The van der Waals surface area contributed by atoms with Crippen LogP contribution in [-0.2, 0) is 12.0 Å². The van der Waals surface area contributed by atoms with E-state index in [1.54, 1.807) is 0 Å². The van der Waals surface area contributed by atoms with Crippen LogP contribution in [0, 0.1) is 0 Å². The number of nitrogens with one attached hydrogen (secondary N) is 1. The molecule has 3 nitrogen and oxygen atoms in total. The van der Waals surface area contributed by atoms with Crippen LogP contribution in [0.2, 0.25) is 0 Å². The maximum Gasteiger partial charge on any atom is 0.319 e. The number of imidazole rings is 1. The van der Waals surface area contributed by atoms with Gasteiger partial charge in [-0.2, -0.15) is 8.78 Å². The monoisotopic (exact) mass is 279 g/mol. The Hall–Kier alpha value is -1.91. The smallest absolute Gasteiger partial charge is 0.319 e. The lowest BCUT2D eigenvalue weighted by Gasteiger charge is -2.23. The topological polar surface area (TPSA) is 29.9 Å². The zero-order valence-electron chi connectivity index (χ0n) is 11.9. The average molecular weight is 279 g/mol. The van der Waals surface area contributed by atoms with Crippen molar-refractivity contribution in [1.82, 2.24) is 9.55 Å². The highest BCUT2D eigenvalue weighted by molar-refractivity contribution is 5.54. The molecule has 0 aliphatic rings. The Morgan fingerprint density at radius 1 is 1.25 bits per heavy atom. The number of alkyl halides is 2. The fraction of sp³-hybridized carbons (Fsp3) is 0.400. The number of hydrogen-bond acceptors (Lipinski definition) is 2. The van der Waals surface area contributed by atoms with Crippen LogP contribution in [0.1, 0.15) is 38.7 Å². The molecule has 1 aromatic heterocycles. The molecule has 5 heteroatoms. The molecule has 0 bridgehead atoms. The number of nitrogens with zero attached hydrogens (tertiary/aromatic N) is 2. The van der Waals surface area contributed by atoms with Gasteiger partial charge in [0.2, 0.25) is 0 Å². The summed E-state index contributed by atoms with van der Waals surface area (Å²) in [7, 11) is 0. The molecule has 0 aliphatic heterocycles. The summed E-state index contributed by atoms with van der Waals surface area (Å²) in [4.78, 5) is 3.96. The molecule has 0 fully saturated rings. The lowest BCUT2D eigenvalue weighted by atomic mass is 9.86. The Morgan fingerprint density at radius 2 is 1.95 bits per heavy atom. The molecule has 2 rings (SSSR count). The van der Waals surface area contributed by atoms with Gasteiger partial charge in [-0.15, -0.1) is 0 Å². The SMILES string of the molecule is CC(C)(C)c1ccccc1NCc1nccn1C(F)F. The molecular weight excluding hydrogens is 260 g/mol. The second kappa shape index (κ2) is 5.61. The molecular formula is C15H19F2N3. The van der Waals surface area contributed by atoms with Crippen LogP contribution in [0.5, 0.6) is 0 Å². The summed E-state index contributed by atoms with van der Waals surface area (Å²) < 4.78 is 26.4. The van der Waals surface area contributed by atoms with Crippen molar-refractivity contribution in [2.24, 2.45) is 0 Å². The van der Waals surface area contributed by atoms with E-state index in [1.807, 2.05) is 24.3 Å². The van der Waals surface area contributed by atoms with Gasteiger partial charge in [0.15, 0.2) is 0 Å². The minimum absolute atomic E-state index is 0.0122. The predicted molar refractivity (Wildman–Crippen MR) is 75.9 cm³/mol. The third kappa shape index (κ3) is 3.15. The normalized spacial score (nSPS) is 11.9. The molecule has 2 aromatic rings. The summed E-state index contributed by atoms with van der Waals surface area (Å²) in [6.07, 6.45) is 2.68. The average Bonchev–Trinajstić information content (AvgIpc) is 2.84. The standard InChI is InChI=1S/C15H19F2N3/c1-15(2,3)11-6-4-5-7-12(11)19-10-13-18-8-9-20(13)14(16)17/h4-9,14,19H,10H2,1-3H3. The Bertz CT molecular complexity index is 570. The Morgan fingerprint density at radius 3 is 2.60 bits per heavy atom. The van der Waals surface area contributed by atoms with Crippen LogP contribution in [-0.4, -0.2) is 9.55 Å². The van der Waals surface area contributed by atoms with E-state index in [0.717, 1.165) is 15.8 Å². The van der Waals surface area contributed by atoms with Gasteiger partial charge in [0.25, 0.3) is 0 Å². The Labute approximate surface area is 117 Å². The van der Waals surface area contributed by atoms with Crippen LogP contribution in [0.25, 0.3) is 0 Å². The number of aromatic nitrogens is 2. The van der Waals surface area contributed by atoms with Gasteiger partial charge in [-0.05, 0) is 17.0 Å². The van der Waals surface area contributed by atoms with E-state index < -0.39 is 6.55 Å². The first kappa shape index (κ1) is 14.5. The first-order valence-corrected chi connectivity index (χ1v) is 6.53. The number of rotatable bonds is 4. The van der Waals surface area contributed by atoms with Crippen molar-refractivity contribution < 1.29 is 8.78 Å². The molecule has 0 aliphatic carbocycles. The summed E-state index contributed by atoms with van der Waals surface area (Å²) in [6.45, 7) is 4.06. The minimum Gasteiger partial charge on any atom is -0.378 e. The summed E-state index contributed by atoms with van der Waals surface area (Å²) >= 11 is 0. The molecule has 0 radical (unpaired) electrons. The highest BCUT2D eigenvalue weighted by Gasteiger charge is 2.18. The fourth-order valence-electron chi connectivity index (χ4n) is 2.12. The highest BCUT2D eigenvalue weighted by atomic mass is 19.3. The number of hydrogen-bond donors (Lipinski definition) is 1. The van der Waals surface area contributed by atoms with Crippen molar-refractivity contribution >= 4 is 5.69 Å². The zero-order chi connectivity index (χ0) is 14.8. The van der Waals surface area contributed by atoms with E-state index in [4.69, 9.17) is 0 Å². The summed E-state index contributed by atoms with van der Waals surface area (Å²) in [6, 6.07) is 7.90. The molecule has 1 aromatic carbocycles. The third-order valence-electron chi connectivity index (χ3n) is 3.13. The number of anilines is 1. The third-order valence-corrected chi connectivity index (χ3v) is 3.13. The summed E-state index contributed by atoms with van der Waals surface area (Å²) in [5, 5.41) is 3.20. The van der Waals surface area contributed by atoms with E-state index >= 15 is 0 Å². The van der Waals surface area contributed by atoms with Gasteiger partial charge >= 0.3 is 6.55 Å². The minimum atomic E-state index is -2.56. The molecule has 0 saturated carbocycles. The van der Waals surface area contributed by atoms with Gasteiger partial charge in [-0.1, -0.05) is 39.0 Å². The van der Waals surface area contributed by atoms with E-state index in [-0.39, 0.29) is 12.0 Å². The number of halogens is 2. The van der Waals surface area contributed by atoms with Gasteiger partial charge in [-0.25, -0.2) is 4.98 Å². The van der Waals surface area contributed by atoms with Crippen molar-refractivity contribution in [3.8, 4) is 0 Å². The molecule has 1 N–H and O–H groups in total. The van der Waals surface area contributed by atoms with Gasteiger partial charge in [0.05, 0.1) is 6.54 Å². The fourth-order valence-corrected chi connectivity index (χ4v) is 2.12. The molecule has 108 valence electrons. The van der Waals surface area contributed by atoms with Crippen molar-refractivity contribution in [3.05, 3.63) is 48.0 Å². The molecule has 0 atom stereocenters. The highest BCUT2D eigenvalue weighted by Crippen LogP contribution is 2.29. The van der Waals surface area contributed by atoms with E-state index in [9.17, 15) is 8.78 Å². The quantitative estimate of drug-likeness (QED) is 0.909. The Kier molecular flexibility index (Phi) is 4.06. The van der Waals surface area contributed by atoms with Crippen molar-refractivity contribution in [3.63, 3.8) is 0 Å². The second-order valence-electron chi connectivity index (χ2n) is 5.68. The van der Waals surface area contributed by atoms with E-state index in [0.29, 0.717) is 5.82 Å². The predicted octanol–water partition coefficient (Wildman–Crippen LogP) is 4.19. The van der Waals surface area contributed by atoms with Crippen LogP contribution in [0.3, 0.4) is 0 Å². The maximum atomic E-state index is 12.8. The lowest BCUT2D eigenvalue weighted by Crippen LogP contribution is -2.16. The lowest BCUT2D eigenvalue weighted by molar-refractivity contribution is 0.0673. The van der Waals surface area contributed by atoms with Gasteiger partial charge in [-0.3, -0.25) is 4.57 Å². The van der Waals surface area contributed by atoms with Gasteiger partial charge < -0.3 is 5.32 Å². The van der Waals surface area contributed by atoms with Gasteiger partial charge in [0, 0.05) is 18.1 Å². The molecule has 0 spiro atoms. The largest absolute Gasteiger partial charge is 0.378 e. The molecule has 0 amide bonds. The summed E-state index contributed by atoms with van der Waals surface area (Å²) in [5.41, 5.74) is 2.08. The molecule has 1 heterocycles. The Balaban J connectivity index is 2.18. The second-order valence-corrected chi connectivity index (χ2v) is 5.68. The van der Waals surface area contributed by atoms with Crippen LogP contribution >= 0.6 is 0 Å². The summed E-state index contributed by atoms with van der Waals surface area (Å²) in [5.74, 6) is 0.323. The molecule has 0 unspecified atom stereocenters. The zero-order valence-corrected chi connectivity index (χ0v) is 11.9. The molecule has 0 saturated heterocycles. The number of para-hydroxylation sites is 1.